The quantitative estimate of drug-likeness (QED) is 0.806. The molecule has 1 saturated heterocycles. The third kappa shape index (κ3) is 1.96. The first-order valence-electron chi connectivity index (χ1n) is 4.90. The second-order valence-corrected chi connectivity index (χ2v) is 3.40. The molecule has 5 nitrogen and oxygen atoms in total. The van der Waals surface area contributed by atoms with Gasteiger partial charge in [-0.15, -0.1) is 0 Å². The van der Waals surface area contributed by atoms with Crippen LogP contribution in [-0.2, 0) is 4.74 Å². The molecule has 0 bridgehead atoms. The predicted molar refractivity (Wildman–Crippen MR) is 54.2 cm³/mol. The molecule has 2 rings (SSSR count). The first-order valence-corrected chi connectivity index (χ1v) is 4.90. The number of rotatable bonds is 2. The van der Waals surface area contributed by atoms with Gasteiger partial charge >= 0.3 is 5.97 Å². The van der Waals surface area contributed by atoms with Crippen molar-refractivity contribution in [3.63, 3.8) is 0 Å². The van der Waals surface area contributed by atoms with Crippen molar-refractivity contribution in [1.29, 1.82) is 0 Å². The number of ether oxygens (including phenoxy) is 1. The molecule has 0 aromatic carbocycles. The number of carboxylic acids is 1. The summed E-state index contributed by atoms with van der Waals surface area (Å²) in [6.45, 7) is 2.04. The molecule has 0 unspecified atom stereocenters. The van der Waals surface area contributed by atoms with Crippen LogP contribution >= 0.6 is 0 Å². The summed E-state index contributed by atoms with van der Waals surface area (Å²) >= 11 is 0. The van der Waals surface area contributed by atoms with Crippen LogP contribution in [0.5, 0.6) is 0 Å². The molecular formula is C10H11FN2O3. The number of aromatic carboxylic acids is 1. The highest BCUT2D eigenvalue weighted by molar-refractivity contribution is 5.88. The fraction of sp³-hybridized carbons (Fsp3) is 0.400. The maximum atomic E-state index is 13.8. The van der Waals surface area contributed by atoms with Gasteiger partial charge in [-0.25, -0.2) is 14.2 Å². The zero-order valence-corrected chi connectivity index (χ0v) is 8.52. The Labute approximate surface area is 91.5 Å². The molecule has 0 saturated carbocycles. The molecule has 1 aliphatic heterocycles. The van der Waals surface area contributed by atoms with Crippen molar-refractivity contribution in [2.75, 3.05) is 31.2 Å². The van der Waals surface area contributed by atoms with Gasteiger partial charge in [0, 0.05) is 19.3 Å². The van der Waals surface area contributed by atoms with Crippen molar-refractivity contribution in [2.24, 2.45) is 0 Å². The van der Waals surface area contributed by atoms with Gasteiger partial charge in [-0.1, -0.05) is 0 Å². The summed E-state index contributed by atoms with van der Waals surface area (Å²) in [4.78, 5) is 16.3. The van der Waals surface area contributed by atoms with E-state index in [0.717, 1.165) is 6.07 Å². The molecule has 1 N–H and O–H groups in total. The first-order chi connectivity index (χ1) is 7.70. The Bertz CT molecular complexity index is 405. The summed E-state index contributed by atoms with van der Waals surface area (Å²) < 4.78 is 18.9. The molecule has 1 aliphatic rings. The van der Waals surface area contributed by atoms with Gasteiger partial charge in [-0.05, 0) is 6.07 Å². The Morgan fingerprint density at radius 2 is 2.19 bits per heavy atom. The minimum atomic E-state index is -1.28. The number of aromatic nitrogens is 1. The second kappa shape index (κ2) is 4.44. The van der Waals surface area contributed by atoms with Crippen LogP contribution in [-0.4, -0.2) is 42.4 Å². The molecule has 2 heterocycles. The van der Waals surface area contributed by atoms with Crippen LogP contribution in [0.3, 0.4) is 0 Å². The van der Waals surface area contributed by atoms with E-state index in [2.05, 4.69) is 4.98 Å². The van der Waals surface area contributed by atoms with Crippen LogP contribution < -0.4 is 4.90 Å². The van der Waals surface area contributed by atoms with Crippen molar-refractivity contribution in [1.82, 2.24) is 4.98 Å². The van der Waals surface area contributed by atoms with E-state index < -0.39 is 11.8 Å². The summed E-state index contributed by atoms with van der Waals surface area (Å²) in [6.07, 6.45) is 1.30. The van der Waals surface area contributed by atoms with Crippen LogP contribution in [0.15, 0.2) is 12.3 Å². The van der Waals surface area contributed by atoms with E-state index in [1.807, 2.05) is 0 Å². The minimum absolute atomic E-state index is 0.0863. The van der Waals surface area contributed by atoms with E-state index in [9.17, 15) is 9.18 Å². The fourth-order valence-corrected chi connectivity index (χ4v) is 1.59. The number of hydrogen-bond donors (Lipinski definition) is 1. The Hall–Kier alpha value is -1.69. The van der Waals surface area contributed by atoms with Crippen LogP contribution in [0.25, 0.3) is 0 Å². The summed E-state index contributed by atoms with van der Waals surface area (Å²) in [5, 5.41) is 8.78. The Balaban J connectivity index is 2.33. The molecule has 1 fully saturated rings. The third-order valence-corrected chi connectivity index (χ3v) is 2.41. The van der Waals surface area contributed by atoms with E-state index in [-0.39, 0.29) is 11.4 Å². The topological polar surface area (TPSA) is 62.7 Å². The molecule has 16 heavy (non-hydrogen) atoms. The average molecular weight is 226 g/mol. The van der Waals surface area contributed by atoms with E-state index in [1.165, 1.54) is 6.20 Å². The summed E-state index contributed by atoms with van der Waals surface area (Å²) in [6, 6.07) is 1.15. The van der Waals surface area contributed by atoms with E-state index in [0.29, 0.717) is 26.3 Å². The molecule has 1 aromatic heterocycles. The molecule has 1 aromatic rings. The van der Waals surface area contributed by atoms with Crippen molar-refractivity contribution in [3.8, 4) is 0 Å². The van der Waals surface area contributed by atoms with Gasteiger partial charge in [-0.2, -0.15) is 0 Å². The SMILES string of the molecule is O=C(O)c1ccnc(N2CCOCC2)c1F. The maximum Gasteiger partial charge on any atom is 0.338 e. The number of halogens is 1. The van der Waals surface area contributed by atoms with Crippen LogP contribution in [0, 0.1) is 5.82 Å². The van der Waals surface area contributed by atoms with Crippen LogP contribution in [0.2, 0.25) is 0 Å². The Kier molecular flexibility index (Phi) is 3.00. The van der Waals surface area contributed by atoms with Crippen molar-refractivity contribution >= 4 is 11.8 Å². The fourth-order valence-electron chi connectivity index (χ4n) is 1.59. The maximum absolute atomic E-state index is 13.8. The smallest absolute Gasteiger partial charge is 0.338 e. The van der Waals surface area contributed by atoms with Gasteiger partial charge < -0.3 is 14.7 Å². The molecule has 0 atom stereocenters. The number of carbonyl (C=O) groups is 1. The van der Waals surface area contributed by atoms with E-state index in [4.69, 9.17) is 9.84 Å². The molecule has 0 spiro atoms. The largest absolute Gasteiger partial charge is 0.478 e. The standard InChI is InChI=1S/C10H11FN2O3/c11-8-7(10(14)15)1-2-12-9(8)13-3-5-16-6-4-13/h1-2H,3-6H2,(H,14,15). The van der Waals surface area contributed by atoms with E-state index >= 15 is 0 Å². The van der Waals surface area contributed by atoms with Gasteiger partial charge in [0.05, 0.1) is 13.2 Å². The van der Waals surface area contributed by atoms with Crippen LogP contribution in [0.4, 0.5) is 10.2 Å². The summed E-state index contributed by atoms with van der Waals surface area (Å²) in [5.74, 6) is -1.98. The van der Waals surface area contributed by atoms with Crippen molar-refractivity contribution < 1.29 is 19.0 Å². The number of anilines is 1. The first kappa shape index (κ1) is 10.8. The number of pyridine rings is 1. The number of hydrogen-bond acceptors (Lipinski definition) is 4. The Morgan fingerprint density at radius 3 is 2.81 bits per heavy atom. The minimum Gasteiger partial charge on any atom is -0.478 e. The number of nitrogens with zero attached hydrogens (tertiary/aromatic N) is 2. The number of morpholine rings is 1. The lowest BCUT2D eigenvalue weighted by Gasteiger charge is -2.28. The molecule has 86 valence electrons. The summed E-state index contributed by atoms with van der Waals surface area (Å²) in [5.41, 5.74) is -0.350. The highest BCUT2D eigenvalue weighted by atomic mass is 19.1. The zero-order valence-electron chi connectivity index (χ0n) is 8.52. The second-order valence-electron chi connectivity index (χ2n) is 3.40. The van der Waals surface area contributed by atoms with Crippen molar-refractivity contribution in [2.45, 2.75) is 0 Å². The molecule has 0 radical (unpaired) electrons. The molecule has 0 amide bonds. The lowest BCUT2D eigenvalue weighted by molar-refractivity contribution is 0.0691. The predicted octanol–water partition coefficient (Wildman–Crippen LogP) is 0.755. The van der Waals surface area contributed by atoms with Gasteiger partial charge in [0.2, 0.25) is 0 Å². The highest BCUT2D eigenvalue weighted by Gasteiger charge is 2.21. The Morgan fingerprint density at radius 1 is 1.50 bits per heavy atom. The van der Waals surface area contributed by atoms with Crippen molar-refractivity contribution in [3.05, 3.63) is 23.6 Å². The molecule has 6 heteroatoms. The monoisotopic (exact) mass is 226 g/mol. The highest BCUT2D eigenvalue weighted by Crippen LogP contribution is 2.20. The normalized spacial score (nSPS) is 16.2. The average Bonchev–Trinajstić information content (AvgIpc) is 2.30. The number of carboxylic acid groups (broad SMARTS) is 1. The lowest BCUT2D eigenvalue weighted by atomic mass is 10.2. The third-order valence-electron chi connectivity index (χ3n) is 2.41. The van der Waals surface area contributed by atoms with Gasteiger partial charge in [0.25, 0.3) is 0 Å². The van der Waals surface area contributed by atoms with Gasteiger partial charge in [0.1, 0.15) is 5.56 Å². The lowest BCUT2D eigenvalue weighted by Crippen LogP contribution is -2.37. The van der Waals surface area contributed by atoms with Crippen LogP contribution in [0.1, 0.15) is 10.4 Å². The molecular weight excluding hydrogens is 215 g/mol. The van der Waals surface area contributed by atoms with Gasteiger partial charge in [0.15, 0.2) is 11.6 Å². The zero-order chi connectivity index (χ0) is 11.5. The summed E-state index contributed by atoms with van der Waals surface area (Å²) in [7, 11) is 0. The molecule has 0 aliphatic carbocycles. The van der Waals surface area contributed by atoms with Gasteiger partial charge in [-0.3, -0.25) is 0 Å². The van der Waals surface area contributed by atoms with E-state index in [1.54, 1.807) is 4.90 Å².